The number of benzene rings is 1. The van der Waals surface area contributed by atoms with Crippen LogP contribution in [0.4, 0.5) is 0 Å². The van der Waals surface area contributed by atoms with Crippen LogP contribution in [0, 0.1) is 12.8 Å². The molecule has 0 spiro atoms. The molecule has 7 heteroatoms. The van der Waals surface area contributed by atoms with Crippen LogP contribution in [0.3, 0.4) is 0 Å². The lowest BCUT2D eigenvalue weighted by molar-refractivity contribution is -0.145. The molecule has 0 bridgehead atoms. The van der Waals surface area contributed by atoms with Crippen molar-refractivity contribution in [2.75, 3.05) is 20.8 Å². The SMILES string of the molecule is CCC(C/C(C)=C/Cc1c(OC)c(C)c2c(c1OCC[Si](C)(C)C)C(O)OC2)C(=O)OC. The Morgan fingerprint density at radius 3 is 2.53 bits per heavy atom. The van der Waals surface area contributed by atoms with Gasteiger partial charge in [-0.25, -0.2) is 0 Å². The van der Waals surface area contributed by atoms with E-state index >= 15 is 0 Å². The van der Waals surface area contributed by atoms with Gasteiger partial charge >= 0.3 is 5.97 Å². The Hall–Kier alpha value is -1.83. The molecule has 1 aromatic rings. The summed E-state index contributed by atoms with van der Waals surface area (Å²) in [6, 6.07) is 1.01. The van der Waals surface area contributed by atoms with Crippen LogP contribution in [-0.2, 0) is 27.3 Å². The van der Waals surface area contributed by atoms with Gasteiger partial charge in [-0.05, 0) is 50.3 Å². The third kappa shape index (κ3) is 6.36. The van der Waals surface area contributed by atoms with Crippen LogP contribution >= 0.6 is 0 Å². The fraction of sp³-hybridized carbons (Fsp3) is 0.640. The topological polar surface area (TPSA) is 74.2 Å². The number of esters is 1. The van der Waals surface area contributed by atoms with Crippen molar-refractivity contribution < 1.29 is 28.8 Å². The summed E-state index contributed by atoms with van der Waals surface area (Å²) < 4.78 is 22.6. The second kappa shape index (κ2) is 11.3. The number of allylic oxidation sites excluding steroid dienone is 2. The number of methoxy groups -OCH3 is 2. The van der Waals surface area contributed by atoms with Crippen LogP contribution in [0.2, 0.25) is 25.7 Å². The number of aliphatic hydroxyl groups is 1. The summed E-state index contributed by atoms with van der Waals surface area (Å²) in [5, 5.41) is 10.5. The summed E-state index contributed by atoms with van der Waals surface area (Å²) >= 11 is 0. The largest absolute Gasteiger partial charge is 0.496 e. The maximum Gasteiger partial charge on any atom is 0.308 e. The molecule has 2 rings (SSSR count). The number of aliphatic hydroxyl groups excluding tert-OH is 1. The number of hydrogen-bond donors (Lipinski definition) is 1. The molecule has 0 saturated heterocycles. The fourth-order valence-corrected chi connectivity index (χ4v) is 4.77. The molecular formula is C25H40O6Si. The molecule has 180 valence electrons. The summed E-state index contributed by atoms with van der Waals surface area (Å²) in [6.45, 7) is 13.9. The first-order valence-corrected chi connectivity index (χ1v) is 15.1. The van der Waals surface area contributed by atoms with Crippen molar-refractivity contribution in [2.45, 2.75) is 78.6 Å². The minimum absolute atomic E-state index is 0.150. The molecule has 1 aliphatic heterocycles. The van der Waals surface area contributed by atoms with E-state index in [4.69, 9.17) is 18.9 Å². The van der Waals surface area contributed by atoms with E-state index in [9.17, 15) is 9.90 Å². The van der Waals surface area contributed by atoms with Gasteiger partial charge in [-0.2, -0.15) is 0 Å². The predicted molar refractivity (Wildman–Crippen MR) is 129 cm³/mol. The van der Waals surface area contributed by atoms with Crippen LogP contribution in [0.5, 0.6) is 11.5 Å². The highest BCUT2D eigenvalue weighted by atomic mass is 28.3. The Morgan fingerprint density at radius 2 is 1.97 bits per heavy atom. The summed E-state index contributed by atoms with van der Waals surface area (Å²) in [5.41, 5.74) is 4.65. The Morgan fingerprint density at radius 1 is 1.28 bits per heavy atom. The van der Waals surface area contributed by atoms with Gasteiger partial charge in [0.1, 0.15) is 11.5 Å². The molecule has 0 aliphatic carbocycles. The number of hydrogen-bond acceptors (Lipinski definition) is 6. The number of carbonyl (C=O) groups excluding carboxylic acids is 1. The second-order valence-electron chi connectivity index (χ2n) is 9.77. The Bertz CT molecular complexity index is 840. The van der Waals surface area contributed by atoms with Crippen molar-refractivity contribution in [1.82, 2.24) is 0 Å². The van der Waals surface area contributed by atoms with Gasteiger partial charge in [0.2, 0.25) is 0 Å². The minimum Gasteiger partial charge on any atom is -0.496 e. The van der Waals surface area contributed by atoms with E-state index in [-0.39, 0.29) is 11.9 Å². The predicted octanol–water partition coefficient (Wildman–Crippen LogP) is 5.32. The Balaban J connectivity index is 2.42. The van der Waals surface area contributed by atoms with Gasteiger partial charge < -0.3 is 24.1 Å². The molecule has 1 aliphatic rings. The van der Waals surface area contributed by atoms with E-state index < -0.39 is 14.4 Å². The quantitative estimate of drug-likeness (QED) is 0.271. The molecule has 1 N–H and O–H groups in total. The van der Waals surface area contributed by atoms with Crippen LogP contribution in [0.25, 0.3) is 0 Å². The molecule has 2 unspecified atom stereocenters. The van der Waals surface area contributed by atoms with Crippen molar-refractivity contribution in [2.24, 2.45) is 5.92 Å². The van der Waals surface area contributed by atoms with Crippen molar-refractivity contribution in [3.63, 3.8) is 0 Å². The van der Waals surface area contributed by atoms with E-state index in [1.807, 2.05) is 20.8 Å². The van der Waals surface area contributed by atoms with Crippen LogP contribution in [0.15, 0.2) is 11.6 Å². The first-order valence-electron chi connectivity index (χ1n) is 11.4. The van der Waals surface area contributed by atoms with E-state index in [0.717, 1.165) is 46.0 Å². The number of carbonyl (C=O) groups is 1. The number of ether oxygens (including phenoxy) is 4. The third-order valence-electron chi connectivity index (χ3n) is 6.10. The Labute approximate surface area is 193 Å². The second-order valence-corrected chi connectivity index (χ2v) is 15.4. The molecule has 6 nitrogen and oxygen atoms in total. The Kier molecular flexibility index (Phi) is 9.36. The molecule has 2 atom stereocenters. The van der Waals surface area contributed by atoms with E-state index in [1.54, 1.807) is 7.11 Å². The normalized spacial score (nSPS) is 17.2. The molecule has 1 aromatic carbocycles. The van der Waals surface area contributed by atoms with Crippen molar-refractivity contribution in [1.29, 1.82) is 0 Å². The van der Waals surface area contributed by atoms with Gasteiger partial charge in [-0.3, -0.25) is 4.79 Å². The van der Waals surface area contributed by atoms with Crippen molar-refractivity contribution in [3.05, 3.63) is 33.9 Å². The molecule has 0 amide bonds. The standard InChI is InChI=1S/C25H40O6Si/c1-9-18(24(26)29-5)14-16(2)10-11-19-22(28-4)17(3)20-15-31-25(27)21(20)23(19)30-12-13-32(6,7)8/h10,18,25,27H,9,11-15H2,1-8H3/b16-10+. The first-order chi connectivity index (χ1) is 15.0. The smallest absolute Gasteiger partial charge is 0.308 e. The molecule has 0 saturated carbocycles. The molecule has 1 heterocycles. The van der Waals surface area contributed by atoms with Gasteiger partial charge in [0.05, 0.1) is 38.9 Å². The maximum absolute atomic E-state index is 12.0. The van der Waals surface area contributed by atoms with Crippen LogP contribution in [0.1, 0.15) is 55.2 Å². The lowest BCUT2D eigenvalue weighted by atomic mass is 9.93. The van der Waals surface area contributed by atoms with Gasteiger partial charge in [0.25, 0.3) is 0 Å². The summed E-state index contributed by atoms with van der Waals surface area (Å²) in [6.07, 6.45) is 3.07. The van der Waals surface area contributed by atoms with Crippen molar-refractivity contribution >= 4 is 14.0 Å². The number of fused-ring (bicyclic) bond motifs is 1. The average molecular weight is 465 g/mol. The summed E-state index contributed by atoms with van der Waals surface area (Å²) in [4.78, 5) is 12.0. The van der Waals surface area contributed by atoms with Crippen LogP contribution < -0.4 is 9.47 Å². The first kappa shape index (κ1) is 26.4. The number of rotatable bonds is 11. The highest BCUT2D eigenvalue weighted by Gasteiger charge is 2.32. The van der Waals surface area contributed by atoms with E-state index in [1.165, 1.54) is 7.11 Å². The molecule has 0 radical (unpaired) electrons. The molecular weight excluding hydrogens is 424 g/mol. The lowest BCUT2D eigenvalue weighted by Crippen LogP contribution is -2.23. The van der Waals surface area contributed by atoms with E-state index in [0.29, 0.717) is 31.8 Å². The van der Waals surface area contributed by atoms with Crippen LogP contribution in [-0.4, -0.2) is 40.0 Å². The van der Waals surface area contributed by atoms with Gasteiger partial charge in [0, 0.05) is 13.6 Å². The summed E-state index contributed by atoms with van der Waals surface area (Å²) in [7, 11) is 1.81. The highest BCUT2D eigenvalue weighted by Crippen LogP contribution is 2.46. The lowest BCUT2D eigenvalue weighted by Gasteiger charge is -2.23. The monoisotopic (exact) mass is 464 g/mol. The molecule has 0 fully saturated rings. The van der Waals surface area contributed by atoms with Crippen molar-refractivity contribution in [3.8, 4) is 11.5 Å². The fourth-order valence-electron chi connectivity index (χ4n) is 4.06. The summed E-state index contributed by atoms with van der Waals surface area (Å²) in [5.74, 6) is 1.12. The van der Waals surface area contributed by atoms with Gasteiger partial charge in [-0.15, -0.1) is 0 Å². The minimum atomic E-state index is -1.28. The molecule has 0 aromatic heterocycles. The molecule has 32 heavy (non-hydrogen) atoms. The average Bonchev–Trinajstić information content (AvgIpc) is 3.12. The zero-order valence-corrected chi connectivity index (χ0v) is 22.0. The highest BCUT2D eigenvalue weighted by molar-refractivity contribution is 6.76. The van der Waals surface area contributed by atoms with E-state index in [2.05, 4.69) is 25.7 Å². The third-order valence-corrected chi connectivity index (χ3v) is 7.80. The van der Waals surface area contributed by atoms with Gasteiger partial charge in [0.15, 0.2) is 6.29 Å². The zero-order chi connectivity index (χ0) is 24.1. The van der Waals surface area contributed by atoms with Gasteiger partial charge in [-0.1, -0.05) is 38.2 Å². The maximum atomic E-state index is 12.0. The zero-order valence-electron chi connectivity index (χ0n) is 21.0.